The third-order valence-electron chi connectivity index (χ3n) is 5.66. The Morgan fingerprint density at radius 1 is 0.903 bits per heavy atom. The number of amides is 1. The van der Waals surface area contributed by atoms with Crippen LogP contribution in [0.15, 0.2) is 90.2 Å². The Bertz CT molecular complexity index is 1150. The summed E-state index contributed by atoms with van der Waals surface area (Å²) >= 11 is 0. The van der Waals surface area contributed by atoms with Crippen molar-refractivity contribution in [3.05, 3.63) is 112 Å². The van der Waals surface area contributed by atoms with Crippen LogP contribution in [0.3, 0.4) is 0 Å². The Balaban J connectivity index is 1.73. The van der Waals surface area contributed by atoms with E-state index in [0.717, 1.165) is 22.3 Å². The van der Waals surface area contributed by atoms with Crippen LogP contribution in [0.2, 0.25) is 0 Å². The van der Waals surface area contributed by atoms with Crippen LogP contribution in [-0.4, -0.2) is 16.8 Å². The number of hydrogen-bond donors (Lipinski definition) is 1. The van der Waals surface area contributed by atoms with Gasteiger partial charge in [0.25, 0.3) is 5.91 Å². The fraction of sp³-hybridized carbons (Fsp3) is 0.185. The molecule has 4 heteroatoms. The highest BCUT2D eigenvalue weighted by atomic mass is 16.3. The number of ketones is 1. The van der Waals surface area contributed by atoms with E-state index in [-0.39, 0.29) is 17.8 Å². The molecule has 156 valence electrons. The first kappa shape index (κ1) is 20.6. The summed E-state index contributed by atoms with van der Waals surface area (Å²) in [7, 11) is 0. The summed E-state index contributed by atoms with van der Waals surface area (Å²) in [6, 6.07) is 24.4. The monoisotopic (exact) mass is 411 g/mol. The highest BCUT2D eigenvalue weighted by Gasteiger charge is 2.44. The lowest BCUT2D eigenvalue weighted by Crippen LogP contribution is -2.31. The summed E-state index contributed by atoms with van der Waals surface area (Å²) in [6.07, 6.45) is 0.774. The zero-order valence-corrected chi connectivity index (χ0v) is 17.7. The zero-order valence-electron chi connectivity index (χ0n) is 17.7. The number of benzene rings is 3. The molecule has 0 radical (unpaired) electrons. The summed E-state index contributed by atoms with van der Waals surface area (Å²) in [5.74, 6) is -1.21. The van der Waals surface area contributed by atoms with Gasteiger partial charge in [0.05, 0.1) is 11.6 Å². The number of aryl methyl sites for hydroxylation is 3. The number of carbonyl (C=O) groups is 2. The molecule has 3 aromatic rings. The maximum Gasteiger partial charge on any atom is 0.294 e. The maximum absolute atomic E-state index is 13.3. The standard InChI is InChI=1S/C27H25NO3/c1-18-11-14-22(15-12-18)28-25(21-10-6-7-19(2)17-21)24(26(30)27(28)31)23(29)16-13-20-8-4-3-5-9-20/h3-12,14-15,17,25,30H,13,16H2,1-2H3. The van der Waals surface area contributed by atoms with Crippen LogP contribution in [0.25, 0.3) is 0 Å². The average Bonchev–Trinajstić information content (AvgIpc) is 3.04. The molecular weight excluding hydrogens is 386 g/mol. The van der Waals surface area contributed by atoms with Crippen LogP contribution >= 0.6 is 0 Å². The predicted molar refractivity (Wildman–Crippen MR) is 122 cm³/mol. The second-order valence-electron chi connectivity index (χ2n) is 8.00. The Hall–Kier alpha value is -3.66. The van der Waals surface area contributed by atoms with Gasteiger partial charge in [0.1, 0.15) is 0 Å². The normalized spacial score (nSPS) is 16.1. The van der Waals surface area contributed by atoms with Gasteiger partial charge in [-0.3, -0.25) is 14.5 Å². The topological polar surface area (TPSA) is 57.6 Å². The van der Waals surface area contributed by atoms with Crippen molar-refractivity contribution in [2.75, 3.05) is 4.90 Å². The van der Waals surface area contributed by atoms with Crippen LogP contribution in [-0.2, 0) is 16.0 Å². The molecule has 1 amide bonds. The molecule has 0 aliphatic carbocycles. The van der Waals surface area contributed by atoms with Gasteiger partial charge >= 0.3 is 0 Å². The molecule has 3 aromatic carbocycles. The van der Waals surface area contributed by atoms with E-state index in [9.17, 15) is 14.7 Å². The highest BCUT2D eigenvalue weighted by molar-refractivity contribution is 6.16. The quantitative estimate of drug-likeness (QED) is 0.590. The van der Waals surface area contributed by atoms with Gasteiger partial charge in [-0.15, -0.1) is 0 Å². The maximum atomic E-state index is 13.3. The van der Waals surface area contributed by atoms with E-state index in [2.05, 4.69) is 0 Å². The van der Waals surface area contributed by atoms with Crippen molar-refractivity contribution in [1.29, 1.82) is 0 Å². The molecule has 1 heterocycles. The van der Waals surface area contributed by atoms with Crippen molar-refractivity contribution < 1.29 is 14.7 Å². The molecule has 1 aliphatic rings. The number of anilines is 1. The van der Waals surface area contributed by atoms with Gasteiger partial charge in [-0.05, 0) is 43.5 Å². The Morgan fingerprint density at radius 3 is 2.29 bits per heavy atom. The lowest BCUT2D eigenvalue weighted by Gasteiger charge is -2.27. The van der Waals surface area contributed by atoms with Crippen molar-refractivity contribution in [3.63, 3.8) is 0 Å². The molecule has 1 N–H and O–H groups in total. The number of aliphatic hydroxyl groups is 1. The number of carbonyl (C=O) groups excluding carboxylic acids is 2. The van der Waals surface area contributed by atoms with Crippen molar-refractivity contribution in [3.8, 4) is 0 Å². The van der Waals surface area contributed by atoms with Crippen LogP contribution in [0, 0.1) is 13.8 Å². The van der Waals surface area contributed by atoms with Crippen molar-refractivity contribution in [2.24, 2.45) is 0 Å². The molecular formula is C27H25NO3. The minimum absolute atomic E-state index is 0.173. The Labute approximate surface area is 182 Å². The highest BCUT2D eigenvalue weighted by Crippen LogP contribution is 2.41. The lowest BCUT2D eigenvalue weighted by atomic mass is 9.92. The molecule has 0 saturated heterocycles. The molecule has 0 saturated carbocycles. The minimum Gasteiger partial charge on any atom is -0.503 e. The van der Waals surface area contributed by atoms with Crippen molar-refractivity contribution >= 4 is 17.4 Å². The van der Waals surface area contributed by atoms with Gasteiger partial charge in [0, 0.05) is 12.1 Å². The first-order valence-electron chi connectivity index (χ1n) is 10.4. The van der Waals surface area contributed by atoms with E-state index in [1.807, 2.05) is 92.7 Å². The van der Waals surface area contributed by atoms with E-state index in [1.165, 1.54) is 4.90 Å². The largest absolute Gasteiger partial charge is 0.503 e. The SMILES string of the molecule is Cc1ccc(N2C(=O)C(O)=C(C(=O)CCc3ccccc3)C2c2cccc(C)c2)cc1. The van der Waals surface area contributed by atoms with E-state index in [0.29, 0.717) is 12.1 Å². The lowest BCUT2D eigenvalue weighted by molar-refractivity contribution is -0.118. The summed E-state index contributed by atoms with van der Waals surface area (Å²) < 4.78 is 0. The molecule has 0 bridgehead atoms. The summed E-state index contributed by atoms with van der Waals surface area (Å²) in [5, 5.41) is 10.8. The number of rotatable bonds is 6. The smallest absolute Gasteiger partial charge is 0.294 e. The van der Waals surface area contributed by atoms with E-state index < -0.39 is 17.7 Å². The Kier molecular flexibility index (Phi) is 5.72. The van der Waals surface area contributed by atoms with Gasteiger partial charge in [-0.25, -0.2) is 0 Å². The molecule has 1 unspecified atom stereocenters. The molecule has 4 rings (SSSR count). The van der Waals surface area contributed by atoms with Crippen LogP contribution in [0.5, 0.6) is 0 Å². The summed E-state index contributed by atoms with van der Waals surface area (Å²) in [6.45, 7) is 3.94. The van der Waals surface area contributed by atoms with Gasteiger partial charge in [0.15, 0.2) is 11.5 Å². The molecule has 1 aliphatic heterocycles. The number of nitrogens with zero attached hydrogens (tertiary/aromatic N) is 1. The van der Waals surface area contributed by atoms with Crippen LogP contribution in [0.4, 0.5) is 5.69 Å². The van der Waals surface area contributed by atoms with Crippen LogP contribution in [0.1, 0.15) is 34.7 Å². The van der Waals surface area contributed by atoms with Gasteiger partial charge in [0.2, 0.25) is 0 Å². The predicted octanol–water partition coefficient (Wildman–Crippen LogP) is 5.41. The average molecular weight is 412 g/mol. The minimum atomic E-state index is -0.654. The fourth-order valence-corrected chi connectivity index (χ4v) is 4.05. The summed E-state index contributed by atoms with van der Waals surface area (Å²) in [5.41, 5.74) is 4.77. The number of aliphatic hydroxyl groups excluding tert-OH is 1. The fourth-order valence-electron chi connectivity index (χ4n) is 4.05. The van der Waals surface area contributed by atoms with E-state index in [1.54, 1.807) is 0 Å². The first-order chi connectivity index (χ1) is 15.0. The van der Waals surface area contributed by atoms with Crippen molar-refractivity contribution in [1.82, 2.24) is 0 Å². The molecule has 31 heavy (non-hydrogen) atoms. The molecule has 0 fully saturated rings. The van der Waals surface area contributed by atoms with Gasteiger partial charge in [-0.1, -0.05) is 77.9 Å². The molecule has 1 atom stereocenters. The molecule has 4 nitrogen and oxygen atoms in total. The third kappa shape index (κ3) is 4.15. The van der Waals surface area contributed by atoms with E-state index in [4.69, 9.17) is 0 Å². The number of hydrogen-bond acceptors (Lipinski definition) is 3. The van der Waals surface area contributed by atoms with Gasteiger partial charge < -0.3 is 5.11 Å². The third-order valence-corrected chi connectivity index (χ3v) is 5.66. The second kappa shape index (κ2) is 8.60. The second-order valence-corrected chi connectivity index (χ2v) is 8.00. The molecule has 0 spiro atoms. The van der Waals surface area contributed by atoms with E-state index >= 15 is 0 Å². The van der Waals surface area contributed by atoms with Crippen molar-refractivity contribution in [2.45, 2.75) is 32.7 Å². The molecule has 0 aromatic heterocycles. The summed E-state index contributed by atoms with van der Waals surface area (Å²) in [4.78, 5) is 27.9. The van der Waals surface area contributed by atoms with Crippen LogP contribution < -0.4 is 4.90 Å². The Morgan fingerprint density at radius 2 is 1.61 bits per heavy atom. The van der Waals surface area contributed by atoms with Gasteiger partial charge in [-0.2, -0.15) is 0 Å². The zero-order chi connectivity index (χ0) is 22.0. The first-order valence-corrected chi connectivity index (χ1v) is 10.4. The number of Topliss-reactive ketones (excluding diaryl/α,β-unsaturated/α-hetero) is 1.